The zero-order valence-corrected chi connectivity index (χ0v) is 15.8. The van der Waals surface area contributed by atoms with Gasteiger partial charge in [-0.25, -0.2) is 0 Å². The molecule has 0 bridgehead atoms. The van der Waals surface area contributed by atoms with Gasteiger partial charge in [-0.2, -0.15) is 18.3 Å². The largest absolute Gasteiger partial charge is 0.417 e. The van der Waals surface area contributed by atoms with Crippen LogP contribution >= 0.6 is 0 Å². The van der Waals surface area contributed by atoms with Gasteiger partial charge in [0, 0.05) is 36.6 Å². The van der Waals surface area contributed by atoms with E-state index >= 15 is 0 Å². The molecular formula is C20H26F3N3. The Morgan fingerprint density at radius 3 is 2.50 bits per heavy atom. The molecule has 0 saturated heterocycles. The Morgan fingerprint density at radius 2 is 1.92 bits per heavy atom. The second kappa shape index (κ2) is 6.63. The van der Waals surface area contributed by atoms with Crippen LogP contribution in [-0.4, -0.2) is 21.9 Å². The van der Waals surface area contributed by atoms with Crippen molar-refractivity contribution in [2.24, 2.45) is 7.05 Å². The molecule has 6 heteroatoms. The van der Waals surface area contributed by atoms with E-state index in [4.69, 9.17) is 0 Å². The maximum absolute atomic E-state index is 13.8. The van der Waals surface area contributed by atoms with Crippen molar-refractivity contribution >= 4 is 5.69 Å². The molecular weight excluding hydrogens is 339 g/mol. The summed E-state index contributed by atoms with van der Waals surface area (Å²) in [5.41, 5.74) is 1.71. The van der Waals surface area contributed by atoms with Gasteiger partial charge < -0.3 is 4.90 Å². The van der Waals surface area contributed by atoms with Gasteiger partial charge in [0.1, 0.15) is 0 Å². The van der Waals surface area contributed by atoms with Crippen molar-refractivity contribution in [1.82, 2.24) is 9.78 Å². The standard InChI is InChI=1S/C20H26F3N3/c1-5-8-19(2,3)26-9-6-7-14-10-16(15-12-24-25(4)13-15)17(11-18(14)26)20(21,22)23/h10-13H,5-9H2,1-4H3. The van der Waals surface area contributed by atoms with Gasteiger partial charge >= 0.3 is 6.18 Å². The van der Waals surface area contributed by atoms with Crippen LogP contribution in [0, 0.1) is 0 Å². The van der Waals surface area contributed by atoms with Crippen molar-refractivity contribution in [3.8, 4) is 11.1 Å². The first kappa shape index (κ1) is 18.8. The monoisotopic (exact) mass is 365 g/mol. The summed E-state index contributed by atoms with van der Waals surface area (Å²) in [5, 5.41) is 4.05. The molecule has 0 saturated carbocycles. The lowest BCUT2D eigenvalue weighted by atomic mass is 9.88. The number of aryl methyl sites for hydroxylation is 2. The Kier molecular flexibility index (Phi) is 4.80. The molecule has 26 heavy (non-hydrogen) atoms. The molecule has 0 unspecified atom stereocenters. The molecule has 1 aromatic carbocycles. The molecule has 142 valence electrons. The average Bonchev–Trinajstić information content (AvgIpc) is 2.98. The van der Waals surface area contributed by atoms with Crippen LogP contribution in [0.4, 0.5) is 18.9 Å². The highest BCUT2D eigenvalue weighted by Gasteiger charge is 2.38. The van der Waals surface area contributed by atoms with Crippen LogP contribution in [0.15, 0.2) is 24.5 Å². The number of anilines is 1. The third-order valence-corrected chi connectivity index (χ3v) is 5.25. The van der Waals surface area contributed by atoms with Gasteiger partial charge in [0.25, 0.3) is 0 Å². The summed E-state index contributed by atoms with van der Waals surface area (Å²) in [4.78, 5) is 2.16. The first-order chi connectivity index (χ1) is 12.1. The van der Waals surface area contributed by atoms with Crippen LogP contribution in [0.5, 0.6) is 0 Å². The number of rotatable bonds is 4. The molecule has 1 aromatic heterocycles. The first-order valence-corrected chi connectivity index (χ1v) is 9.14. The van der Waals surface area contributed by atoms with E-state index in [0.717, 1.165) is 43.5 Å². The molecule has 2 aromatic rings. The van der Waals surface area contributed by atoms with E-state index in [2.05, 4.69) is 30.8 Å². The highest BCUT2D eigenvalue weighted by molar-refractivity contribution is 5.74. The van der Waals surface area contributed by atoms with Crippen molar-refractivity contribution < 1.29 is 13.2 Å². The summed E-state index contributed by atoms with van der Waals surface area (Å²) < 4.78 is 43.0. The molecule has 0 aliphatic carbocycles. The third-order valence-electron chi connectivity index (χ3n) is 5.25. The van der Waals surface area contributed by atoms with Crippen molar-refractivity contribution in [2.45, 2.75) is 58.2 Å². The fourth-order valence-corrected chi connectivity index (χ4v) is 4.04. The SMILES string of the molecule is CCCC(C)(C)N1CCCc2cc(-c3cnn(C)c3)c(C(F)(F)F)cc21. The van der Waals surface area contributed by atoms with Gasteiger partial charge in [-0.1, -0.05) is 13.3 Å². The summed E-state index contributed by atoms with van der Waals surface area (Å²) in [6.45, 7) is 7.14. The van der Waals surface area contributed by atoms with Crippen LogP contribution < -0.4 is 4.90 Å². The van der Waals surface area contributed by atoms with Crippen LogP contribution in [0.3, 0.4) is 0 Å². The Labute approximate surface area is 152 Å². The van der Waals surface area contributed by atoms with Crippen molar-refractivity contribution in [3.63, 3.8) is 0 Å². The molecule has 0 radical (unpaired) electrons. The number of benzene rings is 1. The Bertz CT molecular complexity index is 790. The first-order valence-electron chi connectivity index (χ1n) is 9.14. The summed E-state index contributed by atoms with van der Waals surface area (Å²) in [7, 11) is 1.71. The summed E-state index contributed by atoms with van der Waals surface area (Å²) in [6.07, 6.45) is 2.43. The molecule has 2 heterocycles. The van der Waals surface area contributed by atoms with Crippen molar-refractivity contribution in [1.29, 1.82) is 0 Å². The second-order valence-corrected chi connectivity index (χ2v) is 7.74. The number of alkyl halides is 3. The van der Waals surface area contributed by atoms with E-state index < -0.39 is 11.7 Å². The Morgan fingerprint density at radius 1 is 1.19 bits per heavy atom. The fraction of sp³-hybridized carbons (Fsp3) is 0.550. The van der Waals surface area contributed by atoms with E-state index in [1.807, 2.05) is 0 Å². The topological polar surface area (TPSA) is 21.1 Å². The van der Waals surface area contributed by atoms with Crippen LogP contribution in [0.2, 0.25) is 0 Å². The molecule has 1 aliphatic rings. The quantitative estimate of drug-likeness (QED) is 0.720. The molecule has 1 aliphatic heterocycles. The van der Waals surface area contributed by atoms with Gasteiger partial charge in [0.05, 0.1) is 11.8 Å². The Hall–Kier alpha value is -1.98. The minimum absolute atomic E-state index is 0.164. The van der Waals surface area contributed by atoms with Crippen LogP contribution in [0.1, 0.15) is 51.2 Å². The fourth-order valence-electron chi connectivity index (χ4n) is 4.04. The number of hydrogen-bond donors (Lipinski definition) is 0. The minimum Gasteiger partial charge on any atom is -0.366 e. The number of aromatic nitrogens is 2. The second-order valence-electron chi connectivity index (χ2n) is 7.74. The highest BCUT2D eigenvalue weighted by Crippen LogP contribution is 2.44. The van der Waals surface area contributed by atoms with Crippen LogP contribution in [-0.2, 0) is 19.6 Å². The molecule has 0 atom stereocenters. The van der Waals surface area contributed by atoms with Gasteiger partial charge in [-0.3, -0.25) is 4.68 Å². The van der Waals surface area contributed by atoms with E-state index in [1.54, 1.807) is 19.3 Å². The number of halogens is 3. The summed E-state index contributed by atoms with van der Waals surface area (Å²) in [6, 6.07) is 3.08. The average molecular weight is 365 g/mol. The lowest BCUT2D eigenvalue weighted by molar-refractivity contribution is -0.137. The van der Waals surface area contributed by atoms with Gasteiger partial charge in [-0.05, 0) is 56.4 Å². The van der Waals surface area contributed by atoms with Gasteiger partial charge in [0.15, 0.2) is 0 Å². The van der Waals surface area contributed by atoms with E-state index in [9.17, 15) is 13.2 Å². The van der Waals surface area contributed by atoms with Crippen molar-refractivity contribution in [2.75, 3.05) is 11.4 Å². The van der Waals surface area contributed by atoms with Gasteiger partial charge in [0.2, 0.25) is 0 Å². The summed E-state index contributed by atoms with van der Waals surface area (Å²) in [5.74, 6) is 0. The number of fused-ring (bicyclic) bond motifs is 1. The predicted molar refractivity (Wildman–Crippen MR) is 98.3 cm³/mol. The molecule has 0 N–H and O–H groups in total. The lowest BCUT2D eigenvalue weighted by Crippen LogP contribution is -2.46. The van der Waals surface area contributed by atoms with E-state index in [1.165, 1.54) is 16.9 Å². The van der Waals surface area contributed by atoms with Crippen molar-refractivity contribution in [3.05, 3.63) is 35.7 Å². The van der Waals surface area contributed by atoms with Gasteiger partial charge in [-0.15, -0.1) is 0 Å². The zero-order chi connectivity index (χ0) is 19.1. The molecule has 0 spiro atoms. The normalized spacial score (nSPS) is 15.3. The molecule has 0 fully saturated rings. The highest BCUT2D eigenvalue weighted by atomic mass is 19.4. The van der Waals surface area contributed by atoms with E-state index in [-0.39, 0.29) is 11.1 Å². The zero-order valence-electron chi connectivity index (χ0n) is 15.8. The maximum Gasteiger partial charge on any atom is 0.417 e. The van der Waals surface area contributed by atoms with E-state index in [0.29, 0.717) is 5.56 Å². The lowest BCUT2D eigenvalue weighted by Gasteiger charge is -2.44. The van der Waals surface area contributed by atoms with Crippen LogP contribution in [0.25, 0.3) is 11.1 Å². The summed E-state index contributed by atoms with van der Waals surface area (Å²) >= 11 is 0. The predicted octanol–water partition coefficient (Wildman–Crippen LogP) is 5.44. The maximum atomic E-state index is 13.8. The minimum atomic E-state index is -4.40. The third kappa shape index (κ3) is 3.46. The smallest absolute Gasteiger partial charge is 0.366 e. The molecule has 3 nitrogen and oxygen atoms in total. The number of hydrogen-bond acceptors (Lipinski definition) is 2. The molecule has 3 rings (SSSR count). The number of nitrogens with zero attached hydrogens (tertiary/aromatic N) is 3. The molecule has 0 amide bonds. The Balaban J connectivity index is 2.17.